The van der Waals surface area contributed by atoms with E-state index >= 15 is 0 Å². The third-order valence-corrected chi connectivity index (χ3v) is 2.72. The Hall–Kier alpha value is -1.68. The first-order chi connectivity index (χ1) is 8.28. The zero-order valence-electron chi connectivity index (χ0n) is 10.3. The number of aromatic nitrogens is 3. The van der Waals surface area contributed by atoms with Crippen molar-refractivity contribution in [3.8, 4) is 0 Å². The summed E-state index contributed by atoms with van der Waals surface area (Å²) in [6.45, 7) is 3.78. The van der Waals surface area contributed by atoms with Crippen LogP contribution < -0.4 is 5.32 Å². The molecule has 0 saturated carbocycles. The lowest BCUT2D eigenvalue weighted by Crippen LogP contribution is -2.12. The number of nitrogens with one attached hydrogen (secondary N) is 1. The predicted octanol–water partition coefficient (Wildman–Crippen LogP) is 1.67. The minimum Gasteiger partial charge on any atom is -0.307 e. The molecule has 0 amide bonds. The van der Waals surface area contributed by atoms with E-state index in [0.29, 0.717) is 0 Å². The van der Waals surface area contributed by atoms with Gasteiger partial charge in [0.05, 0.1) is 5.69 Å². The van der Waals surface area contributed by atoms with Crippen LogP contribution in [0.25, 0.3) is 0 Å². The molecule has 2 aromatic rings. The molecule has 0 bridgehead atoms. The monoisotopic (exact) mass is 230 g/mol. The summed E-state index contributed by atoms with van der Waals surface area (Å²) in [5.74, 6) is 0. The summed E-state index contributed by atoms with van der Waals surface area (Å²) in [5.41, 5.74) is 3.64. The summed E-state index contributed by atoms with van der Waals surface area (Å²) in [7, 11) is 1.87. The minimum atomic E-state index is 0.753. The molecule has 0 aliphatic carbocycles. The van der Waals surface area contributed by atoms with Gasteiger partial charge in [-0.25, -0.2) is 0 Å². The molecule has 2 rings (SSSR count). The zero-order valence-corrected chi connectivity index (χ0v) is 10.3. The first kappa shape index (κ1) is 11.8. The van der Waals surface area contributed by atoms with Crippen LogP contribution in [0.15, 0.2) is 30.5 Å². The highest BCUT2D eigenvalue weighted by molar-refractivity contribution is 5.22. The van der Waals surface area contributed by atoms with Crippen molar-refractivity contribution in [2.24, 2.45) is 7.05 Å². The van der Waals surface area contributed by atoms with Gasteiger partial charge in [0.15, 0.2) is 0 Å². The van der Waals surface area contributed by atoms with Crippen molar-refractivity contribution in [2.45, 2.75) is 26.4 Å². The van der Waals surface area contributed by atoms with Crippen molar-refractivity contribution in [2.75, 3.05) is 0 Å². The van der Waals surface area contributed by atoms with Crippen molar-refractivity contribution in [3.05, 3.63) is 47.3 Å². The van der Waals surface area contributed by atoms with Gasteiger partial charge in [-0.1, -0.05) is 36.4 Å². The minimum absolute atomic E-state index is 0.753. The van der Waals surface area contributed by atoms with Gasteiger partial charge in [-0.15, -0.1) is 5.10 Å². The van der Waals surface area contributed by atoms with E-state index in [4.69, 9.17) is 0 Å². The third-order valence-electron chi connectivity index (χ3n) is 2.72. The smallest absolute Gasteiger partial charge is 0.0964 e. The van der Waals surface area contributed by atoms with Crippen LogP contribution in [0.2, 0.25) is 0 Å². The zero-order chi connectivity index (χ0) is 12.1. The molecule has 0 fully saturated rings. The average Bonchev–Trinajstić information content (AvgIpc) is 2.76. The van der Waals surface area contributed by atoms with Crippen LogP contribution in [0.1, 0.15) is 23.7 Å². The van der Waals surface area contributed by atoms with Crippen LogP contribution in [0, 0.1) is 0 Å². The Morgan fingerprint density at radius 3 is 2.41 bits per heavy atom. The molecule has 17 heavy (non-hydrogen) atoms. The lowest BCUT2D eigenvalue weighted by atomic mass is 10.1. The van der Waals surface area contributed by atoms with Crippen molar-refractivity contribution in [1.29, 1.82) is 0 Å². The van der Waals surface area contributed by atoms with Gasteiger partial charge in [0.1, 0.15) is 0 Å². The molecule has 0 aliphatic rings. The van der Waals surface area contributed by atoms with E-state index in [1.54, 1.807) is 4.68 Å². The quantitative estimate of drug-likeness (QED) is 0.849. The van der Waals surface area contributed by atoms with Crippen molar-refractivity contribution >= 4 is 0 Å². The Morgan fingerprint density at radius 2 is 1.82 bits per heavy atom. The maximum Gasteiger partial charge on any atom is 0.0964 e. The van der Waals surface area contributed by atoms with Gasteiger partial charge >= 0.3 is 0 Å². The first-order valence-electron chi connectivity index (χ1n) is 5.91. The molecule has 1 N–H and O–H groups in total. The Bertz CT molecular complexity index is 459. The SMILES string of the molecule is CCc1ccc(CNCc2cn(C)nn2)cc1. The highest BCUT2D eigenvalue weighted by Gasteiger charge is 1.98. The van der Waals surface area contributed by atoms with Crippen LogP contribution in [0.3, 0.4) is 0 Å². The summed E-state index contributed by atoms with van der Waals surface area (Å²) in [6, 6.07) is 8.70. The number of hydrogen-bond donors (Lipinski definition) is 1. The third kappa shape index (κ3) is 3.39. The first-order valence-corrected chi connectivity index (χ1v) is 5.91. The van der Waals surface area contributed by atoms with Gasteiger partial charge in [0.2, 0.25) is 0 Å². The highest BCUT2D eigenvalue weighted by Crippen LogP contribution is 2.04. The second kappa shape index (κ2) is 5.59. The van der Waals surface area contributed by atoms with E-state index in [1.807, 2.05) is 13.2 Å². The van der Waals surface area contributed by atoms with Gasteiger partial charge in [-0.2, -0.15) is 0 Å². The Morgan fingerprint density at radius 1 is 1.12 bits per heavy atom. The number of hydrogen-bond acceptors (Lipinski definition) is 3. The Kier molecular flexibility index (Phi) is 3.88. The molecular weight excluding hydrogens is 212 g/mol. The maximum atomic E-state index is 4.02. The molecular formula is C13H18N4. The Balaban J connectivity index is 1.81. The average molecular weight is 230 g/mol. The van der Waals surface area contributed by atoms with Gasteiger partial charge in [0, 0.05) is 26.3 Å². The van der Waals surface area contributed by atoms with E-state index in [-0.39, 0.29) is 0 Å². The maximum absolute atomic E-state index is 4.02. The van der Waals surface area contributed by atoms with E-state index in [2.05, 4.69) is 46.8 Å². The second-order valence-corrected chi connectivity index (χ2v) is 4.16. The molecule has 90 valence electrons. The standard InChI is InChI=1S/C13H18N4/c1-3-11-4-6-12(7-5-11)8-14-9-13-10-17(2)16-15-13/h4-7,10,14H,3,8-9H2,1-2H3. The van der Waals surface area contributed by atoms with E-state index < -0.39 is 0 Å². The van der Waals surface area contributed by atoms with E-state index in [9.17, 15) is 0 Å². The number of aryl methyl sites for hydroxylation is 2. The fraction of sp³-hybridized carbons (Fsp3) is 0.385. The topological polar surface area (TPSA) is 42.7 Å². The van der Waals surface area contributed by atoms with Crippen molar-refractivity contribution in [1.82, 2.24) is 20.3 Å². The number of rotatable bonds is 5. The van der Waals surface area contributed by atoms with Crippen LogP contribution in [0.4, 0.5) is 0 Å². The molecule has 4 nitrogen and oxygen atoms in total. The fourth-order valence-corrected chi connectivity index (χ4v) is 1.70. The van der Waals surface area contributed by atoms with Gasteiger partial charge in [-0.3, -0.25) is 4.68 Å². The van der Waals surface area contributed by atoms with E-state index in [0.717, 1.165) is 25.2 Å². The molecule has 0 radical (unpaired) electrons. The fourth-order valence-electron chi connectivity index (χ4n) is 1.70. The van der Waals surface area contributed by atoms with Crippen LogP contribution in [0.5, 0.6) is 0 Å². The Labute approximate surface area is 102 Å². The van der Waals surface area contributed by atoms with E-state index in [1.165, 1.54) is 11.1 Å². The molecule has 0 atom stereocenters. The van der Waals surface area contributed by atoms with Gasteiger partial charge in [-0.05, 0) is 17.5 Å². The lowest BCUT2D eigenvalue weighted by Gasteiger charge is -2.03. The molecule has 4 heteroatoms. The number of nitrogens with zero attached hydrogens (tertiary/aromatic N) is 3. The van der Waals surface area contributed by atoms with Crippen LogP contribution in [-0.4, -0.2) is 15.0 Å². The molecule has 1 heterocycles. The summed E-state index contributed by atoms with van der Waals surface area (Å²) >= 11 is 0. The lowest BCUT2D eigenvalue weighted by molar-refractivity contribution is 0.673. The molecule has 1 aromatic heterocycles. The van der Waals surface area contributed by atoms with Crippen molar-refractivity contribution < 1.29 is 0 Å². The van der Waals surface area contributed by atoms with Gasteiger partial charge in [0.25, 0.3) is 0 Å². The predicted molar refractivity (Wildman–Crippen MR) is 67.4 cm³/mol. The number of benzene rings is 1. The van der Waals surface area contributed by atoms with Gasteiger partial charge < -0.3 is 5.32 Å². The summed E-state index contributed by atoms with van der Waals surface area (Å²) in [4.78, 5) is 0. The largest absolute Gasteiger partial charge is 0.307 e. The molecule has 0 spiro atoms. The second-order valence-electron chi connectivity index (χ2n) is 4.16. The molecule has 1 aromatic carbocycles. The summed E-state index contributed by atoms with van der Waals surface area (Å²) in [6.07, 6.45) is 3.01. The highest BCUT2D eigenvalue weighted by atomic mass is 15.4. The molecule has 0 saturated heterocycles. The van der Waals surface area contributed by atoms with Crippen LogP contribution in [-0.2, 0) is 26.6 Å². The summed E-state index contributed by atoms with van der Waals surface area (Å²) < 4.78 is 1.72. The normalized spacial score (nSPS) is 10.7. The summed E-state index contributed by atoms with van der Waals surface area (Å²) in [5, 5.41) is 11.3. The molecule has 0 aliphatic heterocycles. The van der Waals surface area contributed by atoms with Crippen LogP contribution >= 0.6 is 0 Å². The molecule has 0 unspecified atom stereocenters. The van der Waals surface area contributed by atoms with Crippen molar-refractivity contribution in [3.63, 3.8) is 0 Å².